The minimum absolute atomic E-state index is 0.0662. The molecular formula is C17H20F2O3. The van der Waals surface area contributed by atoms with Crippen LogP contribution in [0.5, 0.6) is 5.75 Å². The first-order valence-electron chi connectivity index (χ1n) is 7.56. The molecule has 0 saturated heterocycles. The van der Waals surface area contributed by atoms with E-state index >= 15 is 0 Å². The summed E-state index contributed by atoms with van der Waals surface area (Å²) in [5.74, 6) is -3.21. The molecule has 3 atom stereocenters. The van der Waals surface area contributed by atoms with Crippen molar-refractivity contribution in [1.29, 1.82) is 0 Å². The lowest BCUT2D eigenvalue weighted by Gasteiger charge is -2.38. The molecule has 1 aromatic carbocycles. The van der Waals surface area contributed by atoms with Gasteiger partial charge in [0.15, 0.2) is 11.6 Å². The van der Waals surface area contributed by atoms with Crippen molar-refractivity contribution in [3.05, 3.63) is 29.3 Å². The number of phenols is 1. The molecule has 0 radical (unpaired) electrons. The number of hydrogen-bond acceptors (Lipinski definition) is 3. The molecule has 22 heavy (non-hydrogen) atoms. The van der Waals surface area contributed by atoms with Gasteiger partial charge in [-0.15, -0.1) is 0 Å². The number of carbonyl (C=O) groups is 1. The number of rotatable bonds is 2. The lowest BCUT2D eigenvalue weighted by Crippen LogP contribution is -2.38. The van der Waals surface area contributed by atoms with Crippen LogP contribution in [-0.4, -0.2) is 17.2 Å². The van der Waals surface area contributed by atoms with Gasteiger partial charge < -0.3 is 9.84 Å². The molecule has 3 nitrogen and oxygen atoms in total. The Hall–Kier alpha value is -1.65. The molecule has 2 aliphatic rings. The molecule has 0 spiro atoms. The molecule has 0 aliphatic heterocycles. The van der Waals surface area contributed by atoms with Crippen LogP contribution >= 0.6 is 0 Å². The third kappa shape index (κ3) is 1.94. The number of benzene rings is 1. The third-order valence-electron chi connectivity index (χ3n) is 6.22. The first-order chi connectivity index (χ1) is 10.2. The monoisotopic (exact) mass is 310 g/mol. The van der Waals surface area contributed by atoms with E-state index < -0.39 is 28.9 Å². The Labute approximate surface area is 128 Å². The number of fused-ring (bicyclic) bond motifs is 2. The molecule has 1 N–H and O–H groups in total. The highest BCUT2D eigenvalue weighted by Crippen LogP contribution is 2.66. The first kappa shape index (κ1) is 15.3. The van der Waals surface area contributed by atoms with Gasteiger partial charge in [0.25, 0.3) is 0 Å². The Morgan fingerprint density at radius 3 is 2.50 bits per heavy atom. The van der Waals surface area contributed by atoms with Gasteiger partial charge in [-0.05, 0) is 36.7 Å². The predicted molar refractivity (Wildman–Crippen MR) is 76.5 cm³/mol. The van der Waals surface area contributed by atoms with Gasteiger partial charge in [-0.2, -0.15) is 0 Å². The number of phenolic OH excluding ortho intramolecular Hbond substituents is 1. The highest BCUT2D eigenvalue weighted by atomic mass is 19.1. The number of aromatic hydroxyl groups is 1. The second kappa shape index (κ2) is 4.67. The van der Waals surface area contributed by atoms with Crippen molar-refractivity contribution in [1.82, 2.24) is 0 Å². The standard InChI is InChI=1S/C17H20F2O3/c1-16(2)9-4-5-17(16,3)14(6-9)22-15(21)10-7-12(19)13(20)8-11(10)18/h7-9,14,20H,4-6H2,1-3H3. The summed E-state index contributed by atoms with van der Waals surface area (Å²) in [7, 11) is 0. The number of carbonyl (C=O) groups excluding carboxylic acids is 1. The van der Waals surface area contributed by atoms with Crippen molar-refractivity contribution in [2.45, 2.75) is 46.1 Å². The van der Waals surface area contributed by atoms with Gasteiger partial charge >= 0.3 is 5.97 Å². The largest absolute Gasteiger partial charge is 0.505 e. The molecular weight excluding hydrogens is 290 g/mol. The fraction of sp³-hybridized carbons (Fsp3) is 0.588. The second-order valence-electron chi connectivity index (χ2n) is 7.29. The van der Waals surface area contributed by atoms with E-state index in [1.807, 2.05) is 0 Å². The summed E-state index contributed by atoms with van der Waals surface area (Å²) in [4.78, 5) is 12.2. The smallest absolute Gasteiger partial charge is 0.341 e. The van der Waals surface area contributed by atoms with E-state index in [0.29, 0.717) is 18.1 Å². The van der Waals surface area contributed by atoms with Crippen LogP contribution in [0.2, 0.25) is 0 Å². The van der Waals surface area contributed by atoms with Crippen molar-refractivity contribution in [2.75, 3.05) is 0 Å². The van der Waals surface area contributed by atoms with Crippen LogP contribution in [0.15, 0.2) is 12.1 Å². The maximum Gasteiger partial charge on any atom is 0.341 e. The van der Waals surface area contributed by atoms with E-state index in [2.05, 4.69) is 20.8 Å². The fourth-order valence-corrected chi connectivity index (χ4v) is 4.19. The minimum Gasteiger partial charge on any atom is -0.505 e. The van der Waals surface area contributed by atoms with Gasteiger partial charge in [0.1, 0.15) is 11.9 Å². The molecule has 120 valence electrons. The predicted octanol–water partition coefficient (Wildman–Crippen LogP) is 4.04. The zero-order valence-electron chi connectivity index (χ0n) is 13.0. The van der Waals surface area contributed by atoms with E-state index in [9.17, 15) is 13.6 Å². The quantitative estimate of drug-likeness (QED) is 0.839. The number of ether oxygens (including phenoxy) is 1. The zero-order chi connectivity index (χ0) is 16.3. The lowest BCUT2D eigenvalue weighted by atomic mass is 9.70. The van der Waals surface area contributed by atoms with Gasteiger partial charge in [-0.1, -0.05) is 20.8 Å². The molecule has 5 heteroatoms. The summed E-state index contributed by atoms with van der Waals surface area (Å²) >= 11 is 0. The average Bonchev–Trinajstić information content (AvgIpc) is 2.76. The van der Waals surface area contributed by atoms with Gasteiger partial charge in [-0.25, -0.2) is 13.6 Å². The summed E-state index contributed by atoms with van der Waals surface area (Å²) in [6, 6.07) is 1.28. The number of hydrogen-bond donors (Lipinski definition) is 1. The Balaban J connectivity index is 1.83. The van der Waals surface area contributed by atoms with Crippen LogP contribution in [0, 0.1) is 28.4 Å². The van der Waals surface area contributed by atoms with E-state index in [4.69, 9.17) is 9.84 Å². The van der Waals surface area contributed by atoms with Crippen LogP contribution in [0.25, 0.3) is 0 Å². The summed E-state index contributed by atoms with van der Waals surface area (Å²) in [5.41, 5.74) is -0.546. The topological polar surface area (TPSA) is 46.5 Å². The number of esters is 1. The van der Waals surface area contributed by atoms with Crippen molar-refractivity contribution >= 4 is 5.97 Å². The summed E-state index contributed by atoms with van der Waals surface area (Å²) in [5, 5.41) is 9.12. The van der Waals surface area contributed by atoms with E-state index in [1.54, 1.807) is 0 Å². The normalized spacial score (nSPS) is 32.2. The van der Waals surface area contributed by atoms with Crippen LogP contribution in [0.3, 0.4) is 0 Å². The van der Waals surface area contributed by atoms with E-state index in [0.717, 1.165) is 19.3 Å². The third-order valence-corrected chi connectivity index (χ3v) is 6.22. The molecule has 0 aromatic heterocycles. The second-order valence-corrected chi connectivity index (χ2v) is 7.29. The molecule has 0 amide bonds. The average molecular weight is 310 g/mol. The van der Waals surface area contributed by atoms with Crippen molar-refractivity contribution in [3.8, 4) is 5.75 Å². The van der Waals surface area contributed by atoms with Crippen molar-refractivity contribution in [2.24, 2.45) is 16.7 Å². The molecule has 2 fully saturated rings. The van der Waals surface area contributed by atoms with Crippen LogP contribution in [0.4, 0.5) is 8.78 Å². The van der Waals surface area contributed by atoms with Crippen molar-refractivity contribution < 1.29 is 23.4 Å². The van der Waals surface area contributed by atoms with Gasteiger partial charge in [0.2, 0.25) is 0 Å². The molecule has 1 aromatic rings. The van der Waals surface area contributed by atoms with E-state index in [1.165, 1.54) is 0 Å². The van der Waals surface area contributed by atoms with Crippen molar-refractivity contribution in [3.63, 3.8) is 0 Å². The highest BCUT2D eigenvalue weighted by molar-refractivity contribution is 5.90. The summed E-state index contributed by atoms with van der Waals surface area (Å²) < 4.78 is 32.6. The number of halogens is 2. The Morgan fingerprint density at radius 1 is 1.27 bits per heavy atom. The lowest BCUT2D eigenvalue weighted by molar-refractivity contribution is -0.0246. The molecule has 3 unspecified atom stereocenters. The van der Waals surface area contributed by atoms with Gasteiger partial charge in [0, 0.05) is 11.5 Å². The molecule has 0 heterocycles. The van der Waals surface area contributed by atoms with Gasteiger partial charge in [0.05, 0.1) is 5.56 Å². The fourth-order valence-electron chi connectivity index (χ4n) is 4.19. The summed E-state index contributed by atoms with van der Waals surface area (Å²) in [6.45, 7) is 6.46. The summed E-state index contributed by atoms with van der Waals surface area (Å²) in [6.07, 6.45) is 2.55. The van der Waals surface area contributed by atoms with Crippen LogP contribution in [-0.2, 0) is 4.74 Å². The Kier molecular flexibility index (Phi) is 3.24. The molecule has 2 aliphatic carbocycles. The molecule has 2 bridgehead atoms. The first-order valence-corrected chi connectivity index (χ1v) is 7.56. The van der Waals surface area contributed by atoms with Crippen LogP contribution in [0.1, 0.15) is 50.4 Å². The zero-order valence-corrected chi connectivity index (χ0v) is 13.0. The maximum atomic E-state index is 13.8. The minimum atomic E-state index is -1.03. The SMILES string of the molecule is CC1(C)C2CCC1(C)C(OC(=O)c1cc(F)c(O)cc1F)C2. The van der Waals surface area contributed by atoms with Crippen LogP contribution < -0.4 is 0 Å². The maximum absolute atomic E-state index is 13.8. The highest BCUT2D eigenvalue weighted by Gasteiger charge is 2.62. The molecule has 2 saturated carbocycles. The van der Waals surface area contributed by atoms with E-state index in [-0.39, 0.29) is 16.9 Å². The molecule has 3 rings (SSSR count). The Morgan fingerprint density at radius 2 is 1.95 bits per heavy atom. The Bertz CT molecular complexity index is 641. The van der Waals surface area contributed by atoms with Gasteiger partial charge in [-0.3, -0.25) is 0 Å².